The van der Waals surface area contributed by atoms with Crippen molar-refractivity contribution in [1.82, 2.24) is 0 Å². The van der Waals surface area contributed by atoms with Gasteiger partial charge >= 0.3 is 0 Å². The van der Waals surface area contributed by atoms with Gasteiger partial charge in [0.05, 0.1) is 0 Å². The van der Waals surface area contributed by atoms with Gasteiger partial charge in [-0.15, -0.1) is 0 Å². The number of hydrogen-bond donors (Lipinski definition) is 0. The van der Waals surface area contributed by atoms with E-state index in [0.717, 1.165) is 19.3 Å². The van der Waals surface area contributed by atoms with Crippen molar-refractivity contribution in [2.75, 3.05) is 0 Å². The van der Waals surface area contributed by atoms with E-state index in [1.807, 2.05) is 0 Å². The molecule has 2 aromatic rings. The molecule has 2 aromatic carbocycles. The van der Waals surface area contributed by atoms with Crippen LogP contribution >= 0.6 is 0 Å². The largest absolute Gasteiger partial charge is 0.0561 e. The van der Waals surface area contributed by atoms with Gasteiger partial charge in [-0.3, -0.25) is 0 Å². The molecule has 43 heavy (non-hydrogen) atoms. The quantitative estimate of drug-likeness (QED) is 0.333. The summed E-state index contributed by atoms with van der Waals surface area (Å²) < 4.78 is 0. The normalized spacial score (nSPS) is 14.4. The summed E-state index contributed by atoms with van der Waals surface area (Å²) in [6.45, 7) is 50.6. The van der Waals surface area contributed by atoms with E-state index in [4.69, 9.17) is 0 Å². The lowest BCUT2D eigenvalue weighted by Gasteiger charge is -2.40. The molecule has 0 amide bonds. The maximum atomic E-state index is 2.60. The summed E-state index contributed by atoms with van der Waals surface area (Å²) in [5, 5.41) is 0. The van der Waals surface area contributed by atoms with E-state index in [1.54, 1.807) is 22.3 Å². The van der Waals surface area contributed by atoms with Crippen molar-refractivity contribution in [3.63, 3.8) is 0 Å². The fourth-order valence-corrected chi connectivity index (χ4v) is 7.19. The van der Waals surface area contributed by atoms with Gasteiger partial charge in [-0.05, 0) is 107 Å². The van der Waals surface area contributed by atoms with E-state index >= 15 is 0 Å². The maximum Gasteiger partial charge on any atom is -0.0126 e. The van der Waals surface area contributed by atoms with Crippen LogP contribution in [0.3, 0.4) is 0 Å². The molecule has 0 spiro atoms. The Morgan fingerprint density at radius 2 is 0.605 bits per heavy atom. The SMILES string of the molecule is CC(C)(C)c1cc(CCCc2c(C(C)(C)C)c(C(C)(C)C)cc(C(C)(C)C)c2C(C)(C)C)cc(C(C)(C)C)c1C(C)(C)C. The summed E-state index contributed by atoms with van der Waals surface area (Å²) in [4.78, 5) is 0. The fraction of sp³-hybridized carbons (Fsp3) is 0.721. The fourth-order valence-electron chi connectivity index (χ4n) is 7.19. The molecule has 0 saturated heterocycles. The van der Waals surface area contributed by atoms with Gasteiger partial charge < -0.3 is 0 Å². The van der Waals surface area contributed by atoms with E-state index in [2.05, 4.69) is 164 Å². The maximum absolute atomic E-state index is 2.60. The monoisotopic (exact) mass is 589 g/mol. The van der Waals surface area contributed by atoms with Crippen LogP contribution in [0.5, 0.6) is 0 Å². The minimum absolute atomic E-state index is 0.0710. The molecule has 0 nitrogen and oxygen atoms in total. The predicted molar refractivity (Wildman–Crippen MR) is 196 cm³/mol. The molecule has 244 valence electrons. The number of rotatable bonds is 4. The van der Waals surface area contributed by atoms with Gasteiger partial charge in [-0.2, -0.15) is 0 Å². The van der Waals surface area contributed by atoms with Crippen LogP contribution in [0.1, 0.15) is 202 Å². The van der Waals surface area contributed by atoms with Gasteiger partial charge in [0.25, 0.3) is 0 Å². The molecule has 2 rings (SSSR count). The Balaban J connectivity index is 2.86. The van der Waals surface area contributed by atoms with Crippen LogP contribution in [-0.2, 0) is 50.7 Å². The summed E-state index contributed by atoms with van der Waals surface area (Å²) in [5.41, 5.74) is 14.6. The smallest absolute Gasteiger partial charge is 0.0126 e. The zero-order chi connectivity index (χ0) is 33.9. The third kappa shape index (κ3) is 8.79. The van der Waals surface area contributed by atoms with Gasteiger partial charge in [0.2, 0.25) is 0 Å². The third-order valence-electron chi connectivity index (χ3n) is 9.00. The summed E-state index contributed by atoms with van der Waals surface area (Å²) in [6.07, 6.45) is 3.38. The van der Waals surface area contributed by atoms with Crippen molar-refractivity contribution in [3.8, 4) is 0 Å². The lowest BCUT2D eigenvalue weighted by molar-refractivity contribution is 0.489. The molecule has 0 aromatic heterocycles. The van der Waals surface area contributed by atoms with Gasteiger partial charge in [-0.1, -0.05) is 164 Å². The Morgan fingerprint density at radius 3 is 0.860 bits per heavy atom. The molecular weight excluding hydrogens is 516 g/mol. The van der Waals surface area contributed by atoms with E-state index in [-0.39, 0.29) is 37.9 Å². The Morgan fingerprint density at radius 1 is 0.326 bits per heavy atom. The molecule has 0 unspecified atom stereocenters. The Bertz CT molecular complexity index is 1190. The van der Waals surface area contributed by atoms with Crippen molar-refractivity contribution >= 4 is 0 Å². The standard InChI is InChI=1S/C43H72/c1-37(2,3)30-25-28(26-31(38(4,5)6)36(30)43(19,20)21)23-22-24-29-34(41(13,14)15)32(39(7,8)9)27-33(40(10,11)12)35(29)42(16,17)18/h25-27H,22-24H2,1-21H3. The molecule has 0 radical (unpaired) electrons. The van der Waals surface area contributed by atoms with Crippen LogP contribution < -0.4 is 0 Å². The predicted octanol–water partition coefficient (Wildman–Crippen LogP) is 12.9. The van der Waals surface area contributed by atoms with Crippen LogP contribution in [0.2, 0.25) is 0 Å². The molecule has 0 fully saturated rings. The van der Waals surface area contributed by atoms with Crippen molar-refractivity contribution in [1.29, 1.82) is 0 Å². The summed E-state index contributed by atoms with van der Waals surface area (Å²) in [7, 11) is 0. The minimum atomic E-state index is 0.0710. The first-order chi connectivity index (χ1) is 18.8. The van der Waals surface area contributed by atoms with Crippen LogP contribution in [0.25, 0.3) is 0 Å². The van der Waals surface area contributed by atoms with Crippen molar-refractivity contribution in [2.45, 2.75) is 203 Å². The molecule has 0 bridgehead atoms. The zero-order valence-electron chi connectivity index (χ0n) is 32.9. The molecule has 0 aliphatic heterocycles. The van der Waals surface area contributed by atoms with Crippen molar-refractivity contribution in [3.05, 3.63) is 68.3 Å². The topological polar surface area (TPSA) is 0 Å². The van der Waals surface area contributed by atoms with Gasteiger partial charge in [-0.25, -0.2) is 0 Å². The van der Waals surface area contributed by atoms with E-state index in [1.165, 1.54) is 27.8 Å². The first kappa shape index (κ1) is 37.6. The number of benzene rings is 2. The van der Waals surface area contributed by atoms with Gasteiger partial charge in [0.1, 0.15) is 0 Å². The van der Waals surface area contributed by atoms with Gasteiger partial charge in [0.15, 0.2) is 0 Å². The van der Waals surface area contributed by atoms with Crippen molar-refractivity contribution in [2.24, 2.45) is 0 Å². The number of aryl methyl sites for hydroxylation is 1. The Labute approximate surface area is 270 Å². The summed E-state index contributed by atoms with van der Waals surface area (Å²) >= 11 is 0. The highest BCUT2D eigenvalue weighted by atomic mass is 14.4. The molecule has 0 N–H and O–H groups in total. The lowest BCUT2D eigenvalue weighted by Crippen LogP contribution is -2.31. The minimum Gasteiger partial charge on any atom is -0.0561 e. The summed E-state index contributed by atoms with van der Waals surface area (Å²) in [5.74, 6) is 0. The molecule has 0 aliphatic carbocycles. The first-order valence-electron chi connectivity index (χ1n) is 17.2. The first-order valence-corrected chi connectivity index (χ1v) is 17.2. The van der Waals surface area contributed by atoms with Crippen LogP contribution in [0.4, 0.5) is 0 Å². The summed E-state index contributed by atoms with van der Waals surface area (Å²) in [6, 6.07) is 7.73. The zero-order valence-corrected chi connectivity index (χ0v) is 32.9. The molecule has 0 heteroatoms. The van der Waals surface area contributed by atoms with Crippen LogP contribution in [0, 0.1) is 0 Å². The second kappa shape index (κ2) is 11.7. The highest BCUT2D eigenvalue weighted by Crippen LogP contribution is 2.46. The third-order valence-corrected chi connectivity index (χ3v) is 9.00. The average molecular weight is 589 g/mol. The van der Waals surface area contributed by atoms with E-state index in [9.17, 15) is 0 Å². The second-order valence-corrected chi connectivity index (χ2v) is 20.9. The molecule has 0 saturated carbocycles. The Kier molecular flexibility index (Phi) is 10.2. The average Bonchev–Trinajstić information content (AvgIpc) is 2.72. The highest BCUT2D eigenvalue weighted by molar-refractivity contribution is 5.56. The second-order valence-electron chi connectivity index (χ2n) is 20.9. The Hall–Kier alpha value is -1.56. The van der Waals surface area contributed by atoms with E-state index < -0.39 is 0 Å². The van der Waals surface area contributed by atoms with Gasteiger partial charge in [0, 0.05) is 0 Å². The molecule has 0 aliphatic rings. The van der Waals surface area contributed by atoms with Crippen LogP contribution in [-0.4, -0.2) is 0 Å². The van der Waals surface area contributed by atoms with Crippen molar-refractivity contribution < 1.29 is 0 Å². The molecule has 0 heterocycles. The molecular formula is C43H72. The highest BCUT2D eigenvalue weighted by Gasteiger charge is 2.37. The van der Waals surface area contributed by atoms with E-state index in [0.29, 0.717) is 0 Å². The lowest BCUT2D eigenvalue weighted by atomic mass is 9.64. The molecule has 0 atom stereocenters. The van der Waals surface area contributed by atoms with Crippen LogP contribution in [0.15, 0.2) is 18.2 Å². The number of hydrogen-bond acceptors (Lipinski definition) is 0.